The van der Waals surface area contributed by atoms with Gasteiger partial charge in [-0.15, -0.1) is 0 Å². The molecular formula is C12H25N3. The molecule has 0 spiro atoms. The summed E-state index contributed by atoms with van der Waals surface area (Å²) >= 11 is 0. The van der Waals surface area contributed by atoms with Crippen molar-refractivity contribution >= 4 is 0 Å². The maximum absolute atomic E-state index is 3.52. The van der Waals surface area contributed by atoms with Gasteiger partial charge in [-0.25, -0.2) is 0 Å². The molecule has 2 saturated heterocycles. The van der Waals surface area contributed by atoms with Crippen molar-refractivity contribution in [1.82, 2.24) is 15.1 Å². The zero-order valence-corrected chi connectivity index (χ0v) is 10.2. The van der Waals surface area contributed by atoms with Crippen LogP contribution in [0.1, 0.15) is 26.7 Å². The number of hydrogen-bond acceptors (Lipinski definition) is 3. The highest BCUT2D eigenvalue weighted by Gasteiger charge is 2.27. The van der Waals surface area contributed by atoms with Crippen LogP contribution in [0, 0.1) is 0 Å². The lowest BCUT2D eigenvalue weighted by Crippen LogP contribution is -2.57. The van der Waals surface area contributed by atoms with E-state index in [4.69, 9.17) is 0 Å². The highest BCUT2D eigenvalue weighted by Crippen LogP contribution is 2.16. The van der Waals surface area contributed by atoms with Crippen molar-refractivity contribution in [2.75, 3.05) is 39.3 Å². The summed E-state index contributed by atoms with van der Waals surface area (Å²) < 4.78 is 0. The van der Waals surface area contributed by atoms with Gasteiger partial charge >= 0.3 is 0 Å². The van der Waals surface area contributed by atoms with Crippen molar-refractivity contribution in [2.45, 2.75) is 38.8 Å². The highest BCUT2D eigenvalue weighted by molar-refractivity contribution is 4.85. The second-order valence-electron chi connectivity index (χ2n) is 4.97. The molecular weight excluding hydrogens is 186 g/mol. The zero-order chi connectivity index (χ0) is 10.7. The van der Waals surface area contributed by atoms with Crippen LogP contribution in [0.2, 0.25) is 0 Å². The van der Waals surface area contributed by atoms with Crippen LogP contribution in [0.25, 0.3) is 0 Å². The molecule has 2 aliphatic heterocycles. The first-order valence-electron chi connectivity index (χ1n) is 6.50. The van der Waals surface area contributed by atoms with E-state index in [9.17, 15) is 0 Å². The van der Waals surface area contributed by atoms with Gasteiger partial charge in [0.05, 0.1) is 0 Å². The molecule has 2 fully saturated rings. The van der Waals surface area contributed by atoms with Crippen molar-refractivity contribution in [3.8, 4) is 0 Å². The van der Waals surface area contributed by atoms with Gasteiger partial charge in [0.2, 0.25) is 0 Å². The minimum absolute atomic E-state index is 0.741. The molecule has 0 radical (unpaired) electrons. The Morgan fingerprint density at radius 3 is 2.80 bits per heavy atom. The Morgan fingerprint density at radius 1 is 1.33 bits per heavy atom. The second kappa shape index (κ2) is 5.28. The van der Waals surface area contributed by atoms with Crippen LogP contribution in [-0.2, 0) is 0 Å². The van der Waals surface area contributed by atoms with Crippen LogP contribution in [0.3, 0.4) is 0 Å². The van der Waals surface area contributed by atoms with Gasteiger partial charge in [-0.05, 0) is 32.9 Å². The van der Waals surface area contributed by atoms with Crippen LogP contribution in [0.4, 0.5) is 0 Å². The molecule has 0 aromatic carbocycles. The van der Waals surface area contributed by atoms with Gasteiger partial charge < -0.3 is 5.32 Å². The number of hydrogen-bond donors (Lipinski definition) is 1. The highest BCUT2D eigenvalue weighted by atomic mass is 15.3. The summed E-state index contributed by atoms with van der Waals surface area (Å²) in [6.45, 7) is 12.1. The first kappa shape index (κ1) is 11.4. The van der Waals surface area contributed by atoms with E-state index in [0.29, 0.717) is 0 Å². The normalized spacial score (nSPS) is 35.6. The standard InChI is InChI=1S/C12H25N3/c1-3-14-7-8-15(10-11(14)2)12-5-4-6-13-9-12/h11-13H,3-10H2,1-2H3. The predicted octanol–water partition coefficient (Wildman–Crippen LogP) is 0.764. The molecule has 0 bridgehead atoms. The number of piperazine rings is 1. The second-order valence-corrected chi connectivity index (χ2v) is 4.97. The van der Waals surface area contributed by atoms with Gasteiger partial charge in [-0.3, -0.25) is 9.80 Å². The summed E-state index contributed by atoms with van der Waals surface area (Å²) in [5, 5.41) is 3.52. The van der Waals surface area contributed by atoms with E-state index in [2.05, 4.69) is 29.0 Å². The van der Waals surface area contributed by atoms with Crippen LogP contribution in [-0.4, -0.2) is 61.2 Å². The molecule has 3 nitrogen and oxygen atoms in total. The summed E-state index contributed by atoms with van der Waals surface area (Å²) in [4.78, 5) is 5.29. The summed E-state index contributed by atoms with van der Waals surface area (Å²) in [6.07, 6.45) is 2.75. The summed E-state index contributed by atoms with van der Waals surface area (Å²) in [5.41, 5.74) is 0. The topological polar surface area (TPSA) is 18.5 Å². The summed E-state index contributed by atoms with van der Waals surface area (Å²) in [6, 6.07) is 1.55. The Bertz CT molecular complexity index is 189. The zero-order valence-electron chi connectivity index (χ0n) is 10.2. The Hall–Kier alpha value is -0.120. The fraction of sp³-hybridized carbons (Fsp3) is 1.00. The van der Waals surface area contributed by atoms with E-state index in [1.165, 1.54) is 52.1 Å². The molecule has 1 N–H and O–H groups in total. The lowest BCUT2D eigenvalue weighted by atomic mass is 10.0. The maximum atomic E-state index is 3.52. The third-order valence-electron chi connectivity index (χ3n) is 3.99. The van der Waals surface area contributed by atoms with E-state index >= 15 is 0 Å². The van der Waals surface area contributed by atoms with Crippen LogP contribution in [0.5, 0.6) is 0 Å². The Kier molecular flexibility index (Phi) is 4.00. The molecule has 15 heavy (non-hydrogen) atoms. The molecule has 0 aromatic rings. The van der Waals surface area contributed by atoms with E-state index in [1.807, 2.05) is 0 Å². The SMILES string of the molecule is CCN1CCN(C2CCCNC2)CC1C. The van der Waals surface area contributed by atoms with Gasteiger partial charge in [0, 0.05) is 38.3 Å². The monoisotopic (exact) mass is 211 g/mol. The van der Waals surface area contributed by atoms with E-state index in [-0.39, 0.29) is 0 Å². The Balaban J connectivity index is 1.84. The molecule has 2 aliphatic rings. The molecule has 3 heteroatoms. The molecule has 0 saturated carbocycles. The molecule has 2 heterocycles. The van der Waals surface area contributed by atoms with Crippen molar-refractivity contribution in [2.24, 2.45) is 0 Å². The number of nitrogens with one attached hydrogen (secondary N) is 1. The summed E-state index contributed by atoms with van der Waals surface area (Å²) in [5.74, 6) is 0. The predicted molar refractivity (Wildman–Crippen MR) is 64.2 cm³/mol. The number of piperidine rings is 1. The largest absolute Gasteiger partial charge is 0.315 e. The number of likely N-dealkylation sites (N-methyl/N-ethyl adjacent to an activating group) is 1. The van der Waals surface area contributed by atoms with E-state index in [0.717, 1.165) is 12.1 Å². The van der Waals surface area contributed by atoms with Gasteiger partial charge in [-0.2, -0.15) is 0 Å². The number of rotatable bonds is 2. The Labute approximate surface area is 93.8 Å². The quantitative estimate of drug-likeness (QED) is 0.728. The van der Waals surface area contributed by atoms with E-state index < -0.39 is 0 Å². The summed E-state index contributed by atoms with van der Waals surface area (Å²) in [7, 11) is 0. The molecule has 2 rings (SSSR count). The van der Waals surface area contributed by atoms with Gasteiger partial charge in [-0.1, -0.05) is 6.92 Å². The van der Waals surface area contributed by atoms with Crippen molar-refractivity contribution < 1.29 is 0 Å². The fourth-order valence-corrected chi connectivity index (χ4v) is 2.97. The third kappa shape index (κ3) is 2.71. The molecule has 0 aliphatic carbocycles. The first-order valence-corrected chi connectivity index (χ1v) is 6.50. The van der Waals surface area contributed by atoms with Crippen LogP contribution < -0.4 is 5.32 Å². The number of nitrogens with zero attached hydrogens (tertiary/aromatic N) is 2. The minimum Gasteiger partial charge on any atom is -0.315 e. The average Bonchev–Trinajstić information content (AvgIpc) is 2.30. The van der Waals surface area contributed by atoms with Crippen LogP contribution >= 0.6 is 0 Å². The fourth-order valence-electron chi connectivity index (χ4n) is 2.97. The third-order valence-corrected chi connectivity index (χ3v) is 3.99. The molecule has 0 amide bonds. The molecule has 88 valence electrons. The molecule has 2 atom stereocenters. The lowest BCUT2D eigenvalue weighted by molar-refractivity contribution is 0.0507. The van der Waals surface area contributed by atoms with Crippen molar-refractivity contribution in [3.05, 3.63) is 0 Å². The van der Waals surface area contributed by atoms with Crippen molar-refractivity contribution in [3.63, 3.8) is 0 Å². The minimum atomic E-state index is 0.741. The van der Waals surface area contributed by atoms with Gasteiger partial charge in [0.15, 0.2) is 0 Å². The maximum Gasteiger partial charge on any atom is 0.0222 e. The molecule has 2 unspecified atom stereocenters. The van der Waals surface area contributed by atoms with Crippen molar-refractivity contribution in [1.29, 1.82) is 0 Å². The van der Waals surface area contributed by atoms with Gasteiger partial charge in [0.25, 0.3) is 0 Å². The molecule has 0 aromatic heterocycles. The first-order chi connectivity index (χ1) is 7.31. The lowest BCUT2D eigenvalue weighted by Gasteiger charge is -2.44. The Morgan fingerprint density at radius 2 is 2.20 bits per heavy atom. The average molecular weight is 211 g/mol. The smallest absolute Gasteiger partial charge is 0.0222 e. The van der Waals surface area contributed by atoms with Crippen LogP contribution in [0.15, 0.2) is 0 Å². The van der Waals surface area contributed by atoms with Gasteiger partial charge in [0.1, 0.15) is 0 Å². The van der Waals surface area contributed by atoms with E-state index in [1.54, 1.807) is 0 Å².